The Kier molecular flexibility index (Phi) is 6.11. The lowest BCUT2D eigenvalue weighted by Gasteiger charge is -2.22. The number of carboxylic acid groups (broad SMARTS) is 1. The molecule has 6 nitrogen and oxygen atoms in total. The van der Waals surface area contributed by atoms with Crippen LogP contribution in [-0.4, -0.2) is 40.4 Å². The monoisotopic (exact) mass is 394 g/mol. The van der Waals surface area contributed by atoms with Crippen molar-refractivity contribution < 1.29 is 19.5 Å². The second-order valence-electron chi connectivity index (χ2n) is 8.06. The van der Waals surface area contributed by atoms with Crippen molar-refractivity contribution in [3.05, 3.63) is 58.8 Å². The number of carboxylic acids is 1. The van der Waals surface area contributed by atoms with Crippen molar-refractivity contribution in [2.45, 2.75) is 39.5 Å². The molecule has 0 amide bonds. The molecule has 3 rings (SSSR count). The lowest BCUT2D eigenvalue weighted by atomic mass is 9.87. The summed E-state index contributed by atoms with van der Waals surface area (Å²) in [5, 5.41) is 15.6. The zero-order valence-corrected chi connectivity index (χ0v) is 17.0. The van der Waals surface area contributed by atoms with Gasteiger partial charge < -0.3 is 5.11 Å². The highest BCUT2D eigenvalue weighted by atomic mass is 16.4. The molecule has 0 saturated heterocycles. The highest BCUT2D eigenvalue weighted by Crippen LogP contribution is 2.27. The first-order chi connectivity index (χ1) is 13.7. The number of allylic oxidation sites excluding steroid dienone is 3. The summed E-state index contributed by atoms with van der Waals surface area (Å²) in [7, 11) is 0. The minimum atomic E-state index is -1.02. The maximum Gasteiger partial charge on any atom is 0.307 e. The summed E-state index contributed by atoms with van der Waals surface area (Å²) in [4.78, 5) is 36.3. The van der Waals surface area contributed by atoms with Crippen LogP contribution in [0.15, 0.2) is 52.8 Å². The van der Waals surface area contributed by atoms with Gasteiger partial charge in [0, 0.05) is 36.6 Å². The van der Waals surface area contributed by atoms with Gasteiger partial charge in [-0.1, -0.05) is 43.7 Å². The molecular formula is C23H26N2O4. The third-order valence-corrected chi connectivity index (χ3v) is 5.37. The highest BCUT2D eigenvalue weighted by Gasteiger charge is 2.34. The van der Waals surface area contributed by atoms with E-state index < -0.39 is 17.8 Å². The normalized spacial score (nSPS) is 19.9. The van der Waals surface area contributed by atoms with E-state index in [9.17, 15) is 19.5 Å². The van der Waals surface area contributed by atoms with Crippen LogP contribution in [0.2, 0.25) is 0 Å². The number of carbonyl (C=O) groups is 3. The number of ketones is 2. The predicted molar refractivity (Wildman–Crippen MR) is 111 cm³/mol. The van der Waals surface area contributed by atoms with Gasteiger partial charge in [0.25, 0.3) is 0 Å². The molecule has 1 aromatic rings. The lowest BCUT2D eigenvalue weighted by Crippen LogP contribution is -2.31. The smallest absolute Gasteiger partial charge is 0.307 e. The van der Waals surface area contributed by atoms with Gasteiger partial charge >= 0.3 is 5.97 Å². The number of rotatable bonds is 7. The van der Waals surface area contributed by atoms with Crippen molar-refractivity contribution in [3.63, 3.8) is 0 Å². The number of nitrogens with zero attached hydrogens (tertiary/aromatic N) is 2. The highest BCUT2D eigenvalue weighted by molar-refractivity contribution is 5.98. The second kappa shape index (κ2) is 8.55. The number of hydrogen-bond donors (Lipinski definition) is 1. The molecule has 0 spiro atoms. The van der Waals surface area contributed by atoms with E-state index >= 15 is 0 Å². The van der Waals surface area contributed by atoms with E-state index in [1.807, 2.05) is 25.1 Å². The molecule has 1 N–H and O–H groups in total. The molecule has 6 heteroatoms. The minimum Gasteiger partial charge on any atom is -0.481 e. The van der Waals surface area contributed by atoms with Crippen LogP contribution in [-0.2, 0) is 9.59 Å². The molecule has 2 atom stereocenters. The molecule has 1 aromatic carbocycles. The quantitative estimate of drug-likeness (QED) is 0.711. The minimum absolute atomic E-state index is 0.00783. The molecule has 29 heavy (non-hydrogen) atoms. The fraction of sp³-hybridized carbons (Fsp3) is 0.391. The third kappa shape index (κ3) is 4.88. The van der Waals surface area contributed by atoms with E-state index in [4.69, 9.17) is 0 Å². The first-order valence-electron chi connectivity index (χ1n) is 9.84. The van der Waals surface area contributed by atoms with E-state index in [2.05, 4.69) is 18.9 Å². The summed E-state index contributed by atoms with van der Waals surface area (Å²) >= 11 is 0. The molecule has 0 saturated carbocycles. The second-order valence-corrected chi connectivity index (χ2v) is 8.06. The van der Waals surface area contributed by atoms with Gasteiger partial charge in [-0.25, -0.2) is 0 Å². The van der Waals surface area contributed by atoms with Gasteiger partial charge in [0.05, 0.1) is 18.2 Å². The van der Waals surface area contributed by atoms with E-state index in [1.54, 1.807) is 23.4 Å². The topological polar surface area (TPSA) is 87.0 Å². The van der Waals surface area contributed by atoms with Crippen molar-refractivity contribution in [2.75, 3.05) is 6.54 Å². The molecule has 2 unspecified atom stereocenters. The number of hydrazone groups is 1. The molecule has 1 aliphatic heterocycles. The van der Waals surface area contributed by atoms with Gasteiger partial charge in [0.2, 0.25) is 0 Å². The Morgan fingerprint density at radius 1 is 1.21 bits per heavy atom. The zero-order chi connectivity index (χ0) is 21.1. The van der Waals surface area contributed by atoms with Crippen LogP contribution >= 0.6 is 0 Å². The predicted octanol–water partition coefficient (Wildman–Crippen LogP) is 3.80. The van der Waals surface area contributed by atoms with Crippen LogP contribution in [0.5, 0.6) is 0 Å². The number of aliphatic carboxylic acids is 1. The standard InChI is InChI=1S/C23H26N2O4/c1-14(2)16-4-6-17(7-5-16)22(27)11-21(23(28)29)18-12-24-25(13-18)19-8-15(3)9-20(26)10-19/h4-8,10,12,14,18,21H,9,11,13H2,1-3H3,(H,28,29). The summed E-state index contributed by atoms with van der Waals surface area (Å²) in [5.74, 6) is -2.11. The molecular weight excluding hydrogens is 368 g/mol. The van der Waals surface area contributed by atoms with Crippen LogP contribution in [0.4, 0.5) is 0 Å². The SMILES string of the molecule is CC1=CC(N2CC(C(CC(=O)c3ccc(C(C)C)cc3)C(=O)O)C=N2)=CC(=O)C1. The lowest BCUT2D eigenvalue weighted by molar-refractivity contribution is -0.142. The number of Topliss-reactive ketones (excluding diaryl/α,β-unsaturated/α-hetero) is 1. The zero-order valence-electron chi connectivity index (χ0n) is 17.0. The molecule has 2 aliphatic rings. The molecule has 0 bridgehead atoms. The van der Waals surface area contributed by atoms with Gasteiger partial charge in [-0.3, -0.25) is 19.4 Å². The summed E-state index contributed by atoms with van der Waals surface area (Å²) in [6, 6.07) is 7.34. The molecule has 1 aliphatic carbocycles. The van der Waals surface area contributed by atoms with Crippen molar-refractivity contribution in [1.82, 2.24) is 5.01 Å². The first kappa shape index (κ1) is 20.7. The van der Waals surface area contributed by atoms with Gasteiger partial charge in [-0.15, -0.1) is 0 Å². The van der Waals surface area contributed by atoms with Crippen molar-refractivity contribution in [3.8, 4) is 0 Å². The van der Waals surface area contributed by atoms with Crippen molar-refractivity contribution in [2.24, 2.45) is 16.9 Å². The van der Waals surface area contributed by atoms with Gasteiger partial charge in [-0.05, 0) is 24.5 Å². The van der Waals surface area contributed by atoms with Gasteiger partial charge in [0.15, 0.2) is 11.6 Å². The maximum atomic E-state index is 12.7. The van der Waals surface area contributed by atoms with Crippen molar-refractivity contribution >= 4 is 23.8 Å². The molecule has 0 aromatic heterocycles. The Morgan fingerprint density at radius 3 is 2.48 bits per heavy atom. The van der Waals surface area contributed by atoms with Crippen LogP contribution < -0.4 is 0 Å². The Hall–Kier alpha value is -3.02. The average molecular weight is 394 g/mol. The van der Waals surface area contributed by atoms with E-state index in [1.165, 1.54) is 6.08 Å². The van der Waals surface area contributed by atoms with Crippen LogP contribution in [0.3, 0.4) is 0 Å². The molecule has 152 valence electrons. The average Bonchev–Trinajstić information content (AvgIpc) is 3.14. The maximum absolute atomic E-state index is 12.7. The summed E-state index contributed by atoms with van der Waals surface area (Å²) in [6.45, 7) is 6.37. The van der Waals surface area contributed by atoms with E-state index in [0.29, 0.717) is 30.1 Å². The van der Waals surface area contributed by atoms with Crippen LogP contribution in [0, 0.1) is 11.8 Å². The first-order valence-corrected chi connectivity index (χ1v) is 9.84. The van der Waals surface area contributed by atoms with Gasteiger partial charge in [0.1, 0.15) is 0 Å². The Bertz CT molecular complexity index is 909. The Morgan fingerprint density at radius 2 is 1.90 bits per heavy atom. The van der Waals surface area contributed by atoms with Gasteiger partial charge in [-0.2, -0.15) is 5.10 Å². The van der Waals surface area contributed by atoms with Crippen LogP contribution in [0.1, 0.15) is 55.5 Å². The van der Waals surface area contributed by atoms with E-state index in [-0.39, 0.29) is 18.0 Å². The number of benzene rings is 1. The molecule has 0 fully saturated rings. The van der Waals surface area contributed by atoms with Crippen LogP contribution in [0.25, 0.3) is 0 Å². The Labute approximate surface area is 170 Å². The molecule has 1 heterocycles. The molecule has 0 radical (unpaired) electrons. The van der Waals surface area contributed by atoms with Crippen molar-refractivity contribution in [1.29, 1.82) is 0 Å². The third-order valence-electron chi connectivity index (χ3n) is 5.37. The number of carbonyl (C=O) groups excluding carboxylic acids is 2. The number of hydrogen-bond acceptors (Lipinski definition) is 5. The summed E-state index contributed by atoms with van der Waals surface area (Å²) < 4.78 is 0. The summed E-state index contributed by atoms with van der Waals surface area (Å²) in [5.41, 5.74) is 3.26. The Balaban J connectivity index is 1.69. The fourth-order valence-electron chi connectivity index (χ4n) is 3.64. The van der Waals surface area contributed by atoms with E-state index in [0.717, 1.165) is 11.1 Å². The largest absolute Gasteiger partial charge is 0.481 e. The summed E-state index contributed by atoms with van der Waals surface area (Å²) in [6.07, 6.45) is 5.30. The fourth-order valence-corrected chi connectivity index (χ4v) is 3.64.